The van der Waals surface area contributed by atoms with E-state index in [4.69, 9.17) is 22.1 Å². The number of carbonyl (C=O) groups is 3. The van der Waals surface area contributed by atoms with Gasteiger partial charge in [-0.05, 0) is 87.6 Å². The van der Waals surface area contributed by atoms with Crippen LogP contribution < -0.4 is 21.1 Å². The van der Waals surface area contributed by atoms with Crippen LogP contribution >= 0.6 is 23.4 Å². The first-order chi connectivity index (χ1) is 21.3. The van der Waals surface area contributed by atoms with Gasteiger partial charge in [0.25, 0.3) is 11.8 Å². The highest BCUT2D eigenvalue weighted by molar-refractivity contribution is 8.00. The summed E-state index contributed by atoms with van der Waals surface area (Å²) in [6, 6.07) is 16.0. The fourth-order valence-corrected chi connectivity index (χ4v) is 6.86. The number of nitrogens with two attached hydrogens (primary N) is 1. The van der Waals surface area contributed by atoms with E-state index in [1.165, 1.54) is 22.7 Å². The third-order valence-corrected chi connectivity index (χ3v) is 9.87. The zero-order valence-electron chi connectivity index (χ0n) is 26.2. The summed E-state index contributed by atoms with van der Waals surface area (Å²) < 4.78 is 4.91. The van der Waals surface area contributed by atoms with Crippen molar-refractivity contribution in [1.29, 1.82) is 0 Å². The molecule has 11 heteroatoms. The second-order valence-corrected chi connectivity index (χ2v) is 13.7. The van der Waals surface area contributed by atoms with Gasteiger partial charge in [-0.15, -0.1) is 11.8 Å². The highest BCUT2D eigenvalue weighted by Gasteiger charge is 2.49. The number of nitrogens with one attached hydrogen (secondary N) is 2. The molecule has 0 spiro atoms. The van der Waals surface area contributed by atoms with E-state index in [0.717, 1.165) is 22.3 Å². The maximum Gasteiger partial charge on any atom is 0.254 e. The third-order valence-electron chi connectivity index (χ3n) is 8.07. The molecule has 3 aromatic carbocycles. The van der Waals surface area contributed by atoms with Crippen molar-refractivity contribution in [2.75, 3.05) is 18.2 Å². The molecular formula is C34H41ClN4O5S. The number of halogens is 1. The molecule has 0 saturated carbocycles. The van der Waals surface area contributed by atoms with Gasteiger partial charge < -0.3 is 31.1 Å². The van der Waals surface area contributed by atoms with Crippen LogP contribution in [-0.4, -0.2) is 63.1 Å². The monoisotopic (exact) mass is 652 g/mol. The van der Waals surface area contributed by atoms with Crippen LogP contribution in [0.25, 0.3) is 0 Å². The van der Waals surface area contributed by atoms with Gasteiger partial charge in [-0.1, -0.05) is 48.0 Å². The number of aliphatic hydroxyl groups excluding tert-OH is 1. The van der Waals surface area contributed by atoms with E-state index in [2.05, 4.69) is 10.6 Å². The number of hydrogen-bond acceptors (Lipinski definition) is 7. The van der Waals surface area contributed by atoms with Gasteiger partial charge in [0.2, 0.25) is 5.91 Å². The van der Waals surface area contributed by atoms with Gasteiger partial charge in [0, 0.05) is 11.3 Å². The summed E-state index contributed by atoms with van der Waals surface area (Å²) in [4.78, 5) is 42.5. The number of benzene rings is 3. The van der Waals surface area contributed by atoms with E-state index in [1.54, 1.807) is 24.3 Å². The maximum atomic E-state index is 14.0. The molecule has 240 valence electrons. The van der Waals surface area contributed by atoms with E-state index in [9.17, 15) is 19.5 Å². The second kappa shape index (κ2) is 14.6. The lowest BCUT2D eigenvalue weighted by molar-refractivity contribution is -0.147. The first kappa shape index (κ1) is 34.1. The number of carbonyl (C=O) groups excluding carboxylic acids is 3. The fraction of sp³-hybridized carbons (Fsp3) is 0.382. The van der Waals surface area contributed by atoms with Crippen LogP contribution in [0.1, 0.15) is 53.4 Å². The molecule has 1 heterocycles. The maximum absolute atomic E-state index is 14.0. The van der Waals surface area contributed by atoms with Crippen LogP contribution in [0.5, 0.6) is 5.75 Å². The van der Waals surface area contributed by atoms with Crippen molar-refractivity contribution in [2.24, 2.45) is 0 Å². The van der Waals surface area contributed by atoms with Crippen LogP contribution in [0, 0.1) is 13.8 Å². The van der Waals surface area contributed by atoms with Gasteiger partial charge in [0.1, 0.15) is 11.8 Å². The Kier molecular flexibility index (Phi) is 11.1. The largest absolute Gasteiger partial charge is 0.494 e. The fourth-order valence-electron chi connectivity index (χ4n) is 5.51. The Morgan fingerprint density at radius 1 is 1.09 bits per heavy atom. The Hall–Kier alpha value is -3.73. The van der Waals surface area contributed by atoms with Crippen molar-refractivity contribution in [2.45, 2.75) is 70.5 Å². The number of rotatable bonds is 11. The number of nitrogens with zero attached hydrogens (tertiary/aromatic N) is 1. The van der Waals surface area contributed by atoms with Crippen LogP contribution in [0.4, 0.5) is 5.69 Å². The summed E-state index contributed by atoms with van der Waals surface area (Å²) >= 11 is 7.77. The molecule has 4 rings (SSSR count). The smallest absolute Gasteiger partial charge is 0.254 e. The van der Waals surface area contributed by atoms with E-state index >= 15 is 0 Å². The molecule has 3 atom stereocenters. The molecule has 0 unspecified atom stereocenters. The highest BCUT2D eigenvalue weighted by Crippen LogP contribution is 2.40. The summed E-state index contributed by atoms with van der Waals surface area (Å²) in [5.41, 5.74) is 10.2. The molecule has 0 radical (unpaired) electrons. The predicted octanol–water partition coefficient (Wildman–Crippen LogP) is 4.64. The summed E-state index contributed by atoms with van der Waals surface area (Å²) in [7, 11) is 0. The molecule has 3 amide bonds. The van der Waals surface area contributed by atoms with Crippen LogP contribution in [0.3, 0.4) is 0 Å². The summed E-state index contributed by atoms with van der Waals surface area (Å²) in [6.07, 6.45) is -1.54. The van der Waals surface area contributed by atoms with E-state index < -0.39 is 34.7 Å². The number of aryl methyl sites for hydroxylation is 2. The Bertz CT molecular complexity index is 1530. The number of anilines is 1. The van der Waals surface area contributed by atoms with Gasteiger partial charge in [-0.3, -0.25) is 14.4 Å². The van der Waals surface area contributed by atoms with Gasteiger partial charge >= 0.3 is 0 Å². The number of amides is 3. The van der Waals surface area contributed by atoms with E-state index in [-0.39, 0.29) is 34.5 Å². The Morgan fingerprint density at radius 2 is 1.73 bits per heavy atom. The number of nitrogen functional groups attached to an aromatic ring is 1. The first-order valence-corrected chi connectivity index (χ1v) is 16.2. The Morgan fingerprint density at radius 3 is 2.38 bits per heavy atom. The first-order valence-electron chi connectivity index (χ1n) is 14.9. The zero-order chi connectivity index (χ0) is 32.9. The summed E-state index contributed by atoms with van der Waals surface area (Å²) in [5, 5.41) is 17.5. The minimum Gasteiger partial charge on any atom is -0.494 e. The SMILES string of the molecule is CCOc1ccc(C[C@H](NC(=O)c2cccc(N)c2Cl)[C@H](O)C(=O)N2CSC(C)(C)[C@H]2C(=O)NCc2c(C)cccc2C)cc1. The van der Waals surface area contributed by atoms with Gasteiger partial charge in [0.05, 0.1) is 34.8 Å². The molecule has 0 aromatic heterocycles. The number of thioether (sulfide) groups is 1. The summed E-state index contributed by atoms with van der Waals surface area (Å²) in [5.74, 6) is -0.679. The van der Waals surface area contributed by atoms with Crippen LogP contribution in [0.15, 0.2) is 60.7 Å². The van der Waals surface area contributed by atoms with Crippen molar-refractivity contribution >= 4 is 46.8 Å². The van der Waals surface area contributed by atoms with Crippen molar-refractivity contribution in [3.05, 3.63) is 93.5 Å². The number of ether oxygens (including phenoxy) is 1. The minimum absolute atomic E-state index is 0.0777. The molecule has 1 fully saturated rings. The minimum atomic E-state index is -1.66. The number of aliphatic hydroxyl groups is 1. The molecule has 0 bridgehead atoms. The quantitative estimate of drug-likeness (QED) is 0.222. The second-order valence-electron chi connectivity index (χ2n) is 11.7. The topological polar surface area (TPSA) is 134 Å². The number of hydrogen-bond donors (Lipinski definition) is 4. The van der Waals surface area contributed by atoms with Crippen molar-refractivity contribution in [3.63, 3.8) is 0 Å². The molecule has 0 aliphatic carbocycles. The standard InChI is InChI=1S/C34H41ClN4O5S/c1-6-44-23-15-13-22(14-16-23)17-27(38-31(41)24-11-8-12-26(36)28(24)35)29(40)33(43)39-19-45-34(4,5)30(39)32(42)37-18-25-20(2)9-7-10-21(25)3/h7-16,27,29-30,40H,6,17-19,36H2,1-5H3,(H,37,42)(H,38,41)/t27-,29-,30+/m0/s1. The zero-order valence-corrected chi connectivity index (χ0v) is 27.8. The molecule has 3 aromatic rings. The van der Waals surface area contributed by atoms with Crippen molar-refractivity contribution < 1.29 is 24.2 Å². The molecule has 1 aliphatic heterocycles. The molecular weight excluding hydrogens is 612 g/mol. The van der Waals surface area contributed by atoms with Crippen LogP contribution in [-0.2, 0) is 22.6 Å². The summed E-state index contributed by atoms with van der Waals surface area (Å²) in [6.45, 7) is 10.5. The predicted molar refractivity (Wildman–Crippen MR) is 179 cm³/mol. The normalized spacial score (nSPS) is 17.0. The Balaban J connectivity index is 1.58. The van der Waals surface area contributed by atoms with Crippen molar-refractivity contribution in [3.8, 4) is 5.75 Å². The third kappa shape index (κ3) is 7.92. The molecule has 1 saturated heterocycles. The molecule has 1 aliphatic rings. The van der Waals surface area contributed by atoms with E-state index in [1.807, 2.05) is 65.0 Å². The lowest BCUT2D eigenvalue weighted by Crippen LogP contribution is -2.58. The van der Waals surface area contributed by atoms with Crippen molar-refractivity contribution in [1.82, 2.24) is 15.5 Å². The van der Waals surface area contributed by atoms with Gasteiger partial charge in [-0.25, -0.2) is 0 Å². The van der Waals surface area contributed by atoms with Crippen LogP contribution in [0.2, 0.25) is 5.02 Å². The lowest BCUT2D eigenvalue weighted by atomic mass is 9.96. The molecule has 9 nitrogen and oxygen atoms in total. The average molecular weight is 653 g/mol. The lowest BCUT2D eigenvalue weighted by Gasteiger charge is -2.33. The Labute approximate surface area is 273 Å². The average Bonchev–Trinajstić information content (AvgIpc) is 3.32. The van der Waals surface area contributed by atoms with E-state index in [0.29, 0.717) is 18.9 Å². The highest BCUT2D eigenvalue weighted by atomic mass is 35.5. The molecule has 5 N–H and O–H groups in total. The van der Waals surface area contributed by atoms with Gasteiger partial charge in [-0.2, -0.15) is 0 Å². The van der Waals surface area contributed by atoms with Gasteiger partial charge in [0.15, 0.2) is 6.10 Å². The molecule has 45 heavy (non-hydrogen) atoms.